The van der Waals surface area contributed by atoms with Gasteiger partial charge in [-0.2, -0.15) is 0 Å². The van der Waals surface area contributed by atoms with E-state index in [1.807, 2.05) is 6.08 Å². The van der Waals surface area contributed by atoms with Crippen LogP contribution in [0.1, 0.15) is 22.3 Å². The van der Waals surface area contributed by atoms with Crippen LogP contribution in [0, 0.1) is 20.8 Å². The fraction of sp³-hybridized carbons (Fsp3) is 0.231. The van der Waals surface area contributed by atoms with Gasteiger partial charge < -0.3 is 5.11 Å². The molecule has 0 heterocycles. The highest BCUT2D eigenvalue weighted by atomic mass is 16.3. The van der Waals surface area contributed by atoms with Crippen molar-refractivity contribution in [1.29, 1.82) is 0 Å². The first-order valence-corrected chi connectivity index (χ1v) is 4.64. The van der Waals surface area contributed by atoms with E-state index in [-0.39, 0.29) is 5.76 Å². The highest BCUT2D eigenvalue weighted by Gasteiger charge is 1.98. The van der Waals surface area contributed by atoms with Crippen LogP contribution in [0.2, 0.25) is 0 Å². The molecule has 1 nitrogen and oxygen atoms in total. The minimum Gasteiger partial charge on any atom is -0.509 e. The summed E-state index contributed by atoms with van der Waals surface area (Å²) < 4.78 is 0. The van der Waals surface area contributed by atoms with Crippen molar-refractivity contribution >= 4 is 6.08 Å². The standard InChI is InChI=1S/C13H16O/c1-9-7-13(6-5-11(3)14)8-10(2)12(9)4/h5-8,14H,3H2,1-2,4H3/b6-5+. The number of hydrogen-bond donors (Lipinski definition) is 1. The van der Waals surface area contributed by atoms with Crippen LogP contribution in [0.3, 0.4) is 0 Å². The Labute approximate surface area is 85.4 Å². The summed E-state index contributed by atoms with van der Waals surface area (Å²) in [6.07, 6.45) is 3.46. The molecule has 0 spiro atoms. The lowest BCUT2D eigenvalue weighted by atomic mass is 10.0. The summed E-state index contributed by atoms with van der Waals surface area (Å²) in [6.45, 7) is 9.70. The molecule has 74 valence electrons. The Morgan fingerprint density at radius 2 is 1.71 bits per heavy atom. The molecule has 0 bridgehead atoms. The van der Waals surface area contributed by atoms with E-state index in [1.165, 1.54) is 16.7 Å². The summed E-state index contributed by atoms with van der Waals surface area (Å²) >= 11 is 0. The average Bonchev–Trinajstić information content (AvgIpc) is 2.10. The Kier molecular flexibility index (Phi) is 3.13. The zero-order chi connectivity index (χ0) is 10.7. The summed E-state index contributed by atoms with van der Waals surface area (Å²) in [7, 11) is 0. The second-order valence-electron chi connectivity index (χ2n) is 3.60. The minimum absolute atomic E-state index is 0.0841. The second kappa shape index (κ2) is 4.14. The molecule has 0 unspecified atom stereocenters. The van der Waals surface area contributed by atoms with Crippen LogP contribution in [0.5, 0.6) is 0 Å². The van der Waals surface area contributed by atoms with Gasteiger partial charge in [0.05, 0.1) is 0 Å². The Balaban J connectivity index is 3.07. The fourth-order valence-corrected chi connectivity index (χ4v) is 1.36. The van der Waals surface area contributed by atoms with Gasteiger partial charge in [-0.15, -0.1) is 0 Å². The van der Waals surface area contributed by atoms with Gasteiger partial charge >= 0.3 is 0 Å². The van der Waals surface area contributed by atoms with E-state index in [4.69, 9.17) is 5.11 Å². The Bertz CT molecular complexity index is 363. The van der Waals surface area contributed by atoms with Crippen molar-refractivity contribution in [3.8, 4) is 0 Å². The predicted octanol–water partition coefficient (Wildman–Crippen LogP) is 3.70. The van der Waals surface area contributed by atoms with Gasteiger partial charge in [0.2, 0.25) is 0 Å². The summed E-state index contributed by atoms with van der Waals surface area (Å²) in [5, 5.41) is 8.93. The second-order valence-corrected chi connectivity index (χ2v) is 3.60. The van der Waals surface area contributed by atoms with Crippen molar-refractivity contribution in [3.63, 3.8) is 0 Å². The first-order valence-electron chi connectivity index (χ1n) is 4.64. The van der Waals surface area contributed by atoms with Gasteiger partial charge in [0.1, 0.15) is 5.76 Å². The normalized spacial score (nSPS) is 10.8. The molecule has 0 fully saturated rings. The summed E-state index contributed by atoms with van der Waals surface area (Å²) in [4.78, 5) is 0. The van der Waals surface area contributed by atoms with Crippen molar-refractivity contribution in [2.75, 3.05) is 0 Å². The van der Waals surface area contributed by atoms with Gasteiger partial charge in [-0.25, -0.2) is 0 Å². The maximum Gasteiger partial charge on any atom is 0.108 e. The van der Waals surface area contributed by atoms with Gasteiger partial charge in [-0.3, -0.25) is 0 Å². The lowest BCUT2D eigenvalue weighted by Gasteiger charge is -2.05. The third-order valence-corrected chi connectivity index (χ3v) is 2.42. The molecule has 0 saturated carbocycles. The molecule has 1 heteroatoms. The van der Waals surface area contributed by atoms with Crippen molar-refractivity contribution in [2.45, 2.75) is 20.8 Å². The van der Waals surface area contributed by atoms with Crippen LogP contribution in [-0.4, -0.2) is 5.11 Å². The maximum absolute atomic E-state index is 8.93. The number of aliphatic hydroxyl groups is 1. The van der Waals surface area contributed by atoms with E-state index in [9.17, 15) is 0 Å². The van der Waals surface area contributed by atoms with E-state index in [0.29, 0.717) is 0 Å². The van der Waals surface area contributed by atoms with Crippen LogP contribution in [0.25, 0.3) is 6.08 Å². The van der Waals surface area contributed by atoms with Gasteiger partial charge in [-0.1, -0.05) is 24.8 Å². The van der Waals surface area contributed by atoms with Gasteiger partial charge in [0.25, 0.3) is 0 Å². The average molecular weight is 188 g/mol. The zero-order valence-corrected chi connectivity index (χ0v) is 8.96. The smallest absolute Gasteiger partial charge is 0.108 e. The van der Waals surface area contributed by atoms with Gasteiger partial charge in [-0.05, 0) is 49.1 Å². The van der Waals surface area contributed by atoms with Crippen molar-refractivity contribution in [2.24, 2.45) is 0 Å². The monoisotopic (exact) mass is 188 g/mol. The molecular formula is C13H16O. The topological polar surface area (TPSA) is 20.2 Å². The van der Waals surface area contributed by atoms with E-state index >= 15 is 0 Å². The lowest BCUT2D eigenvalue weighted by molar-refractivity contribution is 0.436. The first-order chi connectivity index (χ1) is 6.50. The third-order valence-electron chi connectivity index (χ3n) is 2.42. The molecular weight excluding hydrogens is 172 g/mol. The van der Waals surface area contributed by atoms with Crippen molar-refractivity contribution < 1.29 is 5.11 Å². The van der Waals surface area contributed by atoms with E-state index in [0.717, 1.165) is 5.56 Å². The molecule has 1 N–H and O–H groups in total. The third kappa shape index (κ3) is 2.49. The molecule has 1 aromatic carbocycles. The molecule has 1 aromatic rings. The highest BCUT2D eigenvalue weighted by molar-refractivity contribution is 5.55. The molecule has 0 aliphatic carbocycles. The molecule has 0 saturated heterocycles. The first kappa shape index (κ1) is 10.6. The fourth-order valence-electron chi connectivity index (χ4n) is 1.36. The van der Waals surface area contributed by atoms with E-state index in [2.05, 4.69) is 39.5 Å². The summed E-state index contributed by atoms with van der Waals surface area (Å²) in [5.41, 5.74) is 4.96. The Morgan fingerprint density at radius 3 is 2.14 bits per heavy atom. The van der Waals surface area contributed by atoms with Gasteiger partial charge in [0, 0.05) is 0 Å². The molecule has 0 radical (unpaired) electrons. The largest absolute Gasteiger partial charge is 0.509 e. The van der Waals surface area contributed by atoms with Crippen LogP contribution in [0.15, 0.2) is 30.5 Å². The van der Waals surface area contributed by atoms with Crippen LogP contribution < -0.4 is 0 Å². The maximum atomic E-state index is 8.93. The van der Waals surface area contributed by atoms with Crippen LogP contribution in [-0.2, 0) is 0 Å². The lowest BCUT2D eigenvalue weighted by Crippen LogP contribution is -1.87. The Morgan fingerprint density at radius 1 is 1.21 bits per heavy atom. The number of benzene rings is 1. The predicted molar refractivity (Wildman–Crippen MR) is 61.5 cm³/mol. The number of hydrogen-bond acceptors (Lipinski definition) is 1. The Hall–Kier alpha value is -1.50. The van der Waals surface area contributed by atoms with Crippen molar-refractivity contribution in [1.82, 2.24) is 0 Å². The van der Waals surface area contributed by atoms with Crippen LogP contribution >= 0.6 is 0 Å². The quantitative estimate of drug-likeness (QED) is 0.554. The number of allylic oxidation sites excluding steroid dienone is 1. The molecule has 0 amide bonds. The minimum atomic E-state index is 0.0841. The molecule has 14 heavy (non-hydrogen) atoms. The molecule has 0 aliphatic rings. The summed E-state index contributed by atoms with van der Waals surface area (Å²) in [5.74, 6) is 0.0841. The van der Waals surface area contributed by atoms with E-state index < -0.39 is 0 Å². The molecule has 0 aromatic heterocycles. The number of aryl methyl sites for hydroxylation is 2. The molecule has 0 aliphatic heterocycles. The highest BCUT2D eigenvalue weighted by Crippen LogP contribution is 2.16. The van der Waals surface area contributed by atoms with E-state index in [1.54, 1.807) is 6.08 Å². The number of aliphatic hydroxyl groups excluding tert-OH is 1. The van der Waals surface area contributed by atoms with Crippen LogP contribution in [0.4, 0.5) is 0 Å². The summed E-state index contributed by atoms with van der Waals surface area (Å²) in [6, 6.07) is 4.20. The zero-order valence-electron chi connectivity index (χ0n) is 8.96. The SMILES string of the molecule is C=C(O)/C=C/c1cc(C)c(C)c(C)c1. The molecule has 1 rings (SSSR count). The van der Waals surface area contributed by atoms with Gasteiger partial charge in [0.15, 0.2) is 0 Å². The number of rotatable bonds is 2. The van der Waals surface area contributed by atoms with Crippen molar-refractivity contribution in [3.05, 3.63) is 52.8 Å². The molecule has 0 atom stereocenters.